The van der Waals surface area contributed by atoms with Gasteiger partial charge in [0, 0.05) is 6.61 Å². The Balaban J connectivity index is 1.60. The third kappa shape index (κ3) is 3.10. The predicted octanol–water partition coefficient (Wildman–Crippen LogP) is -2.39. The van der Waals surface area contributed by atoms with Crippen molar-refractivity contribution in [1.29, 1.82) is 0 Å². The number of hydrogen-bond donors (Lipinski definition) is 4. The van der Waals surface area contributed by atoms with E-state index >= 15 is 0 Å². The molecule has 0 spiro atoms. The van der Waals surface area contributed by atoms with E-state index in [1.165, 1.54) is 21.9 Å². The number of nitrogens with zero attached hydrogens (tertiary/aromatic N) is 8. The van der Waals surface area contributed by atoms with Crippen molar-refractivity contribution in [2.75, 3.05) is 25.1 Å². The summed E-state index contributed by atoms with van der Waals surface area (Å²) in [6.45, 7) is 0.769. The van der Waals surface area contributed by atoms with E-state index in [4.69, 9.17) is 9.47 Å². The van der Waals surface area contributed by atoms with Crippen LogP contribution in [0.25, 0.3) is 17.1 Å². The fourth-order valence-electron chi connectivity index (χ4n) is 3.50. The lowest BCUT2D eigenvalue weighted by Gasteiger charge is -2.17. The number of fused-ring (bicyclic) bond motifs is 1. The lowest BCUT2D eigenvalue weighted by atomic mass is 10.1. The average Bonchev–Trinajstić information content (AvgIpc) is 3.51. The Kier molecular flexibility index (Phi) is 4.56. The van der Waals surface area contributed by atoms with Gasteiger partial charge in [-0.3, -0.25) is 4.57 Å². The molecule has 4 N–H and O–H groups in total. The van der Waals surface area contributed by atoms with E-state index < -0.39 is 31.1 Å². The van der Waals surface area contributed by atoms with E-state index in [9.17, 15) is 15.3 Å². The smallest absolute Gasteiger partial charge is 0.257 e. The molecular weight excluding hydrogens is 386 g/mol. The molecule has 5 rings (SSSR count). The topological polar surface area (TPSA) is 178 Å². The van der Waals surface area contributed by atoms with E-state index in [1.807, 2.05) is 0 Å². The summed E-state index contributed by atoms with van der Waals surface area (Å²) >= 11 is 0. The van der Waals surface area contributed by atoms with Crippen molar-refractivity contribution in [3.63, 3.8) is 0 Å². The third-order valence-electron chi connectivity index (χ3n) is 5.03. The van der Waals surface area contributed by atoms with Gasteiger partial charge in [0.1, 0.15) is 24.6 Å². The number of hydrogen-bond acceptors (Lipinski definition) is 12. The van der Waals surface area contributed by atoms with Crippen molar-refractivity contribution in [2.45, 2.75) is 37.0 Å². The number of ether oxygens (including phenoxy) is 2. The van der Waals surface area contributed by atoms with Crippen LogP contribution in [-0.4, -0.2) is 99.2 Å². The third-order valence-corrected chi connectivity index (χ3v) is 5.03. The number of anilines is 1. The van der Waals surface area contributed by atoms with E-state index in [0.29, 0.717) is 30.2 Å². The van der Waals surface area contributed by atoms with Crippen LogP contribution in [0.15, 0.2) is 12.7 Å². The van der Waals surface area contributed by atoms with Crippen molar-refractivity contribution in [2.24, 2.45) is 0 Å². The molecule has 0 aliphatic carbocycles. The Bertz CT molecular complexity index is 990. The molecule has 0 bridgehead atoms. The van der Waals surface area contributed by atoms with Gasteiger partial charge in [-0.05, 0) is 16.8 Å². The summed E-state index contributed by atoms with van der Waals surface area (Å²) in [7, 11) is 0. The van der Waals surface area contributed by atoms with Gasteiger partial charge in [0.25, 0.3) is 5.95 Å². The molecule has 5 atom stereocenters. The highest BCUT2D eigenvalue weighted by Gasteiger charge is 2.44. The first-order chi connectivity index (χ1) is 14.2. The zero-order valence-electron chi connectivity index (χ0n) is 15.1. The van der Waals surface area contributed by atoms with Crippen LogP contribution in [0.1, 0.15) is 12.6 Å². The number of aliphatic hydroxyl groups excluding tert-OH is 3. The Hall–Kier alpha value is -2.78. The summed E-state index contributed by atoms with van der Waals surface area (Å²) in [4.78, 5) is 13.3. The second-order valence-corrected chi connectivity index (χ2v) is 6.88. The fraction of sp³-hybridized carbons (Fsp3) is 0.600. The van der Waals surface area contributed by atoms with Crippen LogP contribution in [0.5, 0.6) is 0 Å². The van der Waals surface area contributed by atoms with Crippen molar-refractivity contribution >= 4 is 17.0 Å². The Labute approximate surface area is 163 Å². The van der Waals surface area contributed by atoms with Crippen molar-refractivity contribution in [3.8, 4) is 5.95 Å². The van der Waals surface area contributed by atoms with Crippen LogP contribution in [0.2, 0.25) is 0 Å². The number of aliphatic hydroxyl groups is 3. The standard InChI is InChI=1S/C15H19N9O5/c25-3-8-10(26)11(27)14(29-8)23-5-16-9-12(18-7-1-2-28-4-7)19-15(20-13(9)23)24-6-17-21-22-24/h5-8,10-11,14,25-27H,1-4H2,(H,18,19,20)/t7?,8-,10-,11-,14-/m1/s1. The normalized spacial score (nSPS) is 29.7. The van der Waals surface area contributed by atoms with Crippen LogP contribution < -0.4 is 5.32 Å². The number of imidazole rings is 1. The summed E-state index contributed by atoms with van der Waals surface area (Å²) in [5.41, 5.74) is 0.799. The van der Waals surface area contributed by atoms with Gasteiger partial charge < -0.3 is 30.1 Å². The average molecular weight is 405 g/mol. The fourth-order valence-corrected chi connectivity index (χ4v) is 3.50. The van der Waals surface area contributed by atoms with E-state index in [0.717, 1.165) is 6.42 Å². The molecule has 1 unspecified atom stereocenters. The van der Waals surface area contributed by atoms with E-state index in [-0.39, 0.29) is 12.0 Å². The maximum atomic E-state index is 10.4. The zero-order chi connectivity index (χ0) is 20.0. The van der Waals surface area contributed by atoms with Gasteiger partial charge in [-0.1, -0.05) is 0 Å². The van der Waals surface area contributed by atoms with Gasteiger partial charge in [-0.25, -0.2) is 4.98 Å². The van der Waals surface area contributed by atoms with Gasteiger partial charge in [-0.15, -0.1) is 5.10 Å². The Morgan fingerprint density at radius 3 is 2.79 bits per heavy atom. The molecule has 0 radical (unpaired) electrons. The molecular formula is C15H19N9O5. The monoisotopic (exact) mass is 405 g/mol. The minimum Gasteiger partial charge on any atom is -0.394 e. The van der Waals surface area contributed by atoms with Crippen LogP contribution in [0.4, 0.5) is 5.82 Å². The Morgan fingerprint density at radius 2 is 2.10 bits per heavy atom. The highest BCUT2D eigenvalue weighted by atomic mass is 16.6. The molecule has 2 saturated heterocycles. The molecule has 2 aliphatic heterocycles. The summed E-state index contributed by atoms with van der Waals surface area (Å²) in [5.74, 6) is 0.652. The highest BCUT2D eigenvalue weighted by molar-refractivity contribution is 5.84. The van der Waals surface area contributed by atoms with Gasteiger partial charge in [0.05, 0.1) is 25.6 Å². The lowest BCUT2D eigenvalue weighted by molar-refractivity contribution is -0.0511. The molecule has 14 heteroatoms. The molecule has 14 nitrogen and oxygen atoms in total. The van der Waals surface area contributed by atoms with Gasteiger partial charge in [-0.2, -0.15) is 14.6 Å². The first-order valence-corrected chi connectivity index (χ1v) is 9.10. The van der Waals surface area contributed by atoms with Gasteiger partial charge in [0.2, 0.25) is 0 Å². The van der Waals surface area contributed by atoms with Gasteiger partial charge >= 0.3 is 0 Å². The molecule has 2 aliphatic rings. The minimum absolute atomic E-state index is 0.0638. The molecule has 154 valence electrons. The molecule has 2 fully saturated rings. The van der Waals surface area contributed by atoms with E-state index in [2.05, 4.69) is 35.8 Å². The number of nitrogens with one attached hydrogen (secondary N) is 1. The first kappa shape index (κ1) is 18.3. The molecule has 0 amide bonds. The largest absolute Gasteiger partial charge is 0.394 e. The van der Waals surface area contributed by atoms with Crippen LogP contribution >= 0.6 is 0 Å². The maximum Gasteiger partial charge on any atom is 0.257 e. The second kappa shape index (κ2) is 7.23. The summed E-state index contributed by atoms with van der Waals surface area (Å²) in [6, 6.07) is 0.0638. The second-order valence-electron chi connectivity index (χ2n) is 6.88. The predicted molar refractivity (Wildman–Crippen MR) is 93.9 cm³/mol. The zero-order valence-corrected chi connectivity index (χ0v) is 15.1. The van der Waals surface area contributed by atoms with Crippen LogP contribution in [0, 0.1) is 0 Å². The molecule has 0 saturated carbocycles. The molecule has 3 aromatic rings. The summed E-state index contributed by atoms with van der Waals surface area (Å²) < 4.78 is 13.8. The molecule has 3 aromatic heterocycles. The Morgan fingerprint density at radius 1 is 1.21 bits per heavy atom. The maximum absolute atomic E-state index is 10.4. The number of rotatable bonds is 5. The molecule has 29 heavy (non-hydrogen) atoms. The van der Waals surface area contributed by atoms with Crippen molar-refractivity contribution < 1.29 is 24.8 Å². The van der Waals surface area contributed by atoms with Gasteiger partial charge in [0.15, 0.2) is 23.2 Å². The number of tetrazole rings is 1. The van der Waals surface area contributed by atoms with Crippen molar-refractivity contribution in [3.05, 3.63) is 12.7 Å². The summed E-state index contributed by atoms with van der Waals surface area (Å²) in [6.07, 6.45) is -0.780. The van der Waals surface area contributed by atoms with Crippen molar-refractivity contribution in [1.82, 2.24) is 39.7 Å². The molecule has 5 heterocycles. The molecule has 0 aromatic carbocycles. The van der Waals surface area contributed by atoms with Crippen LogP contribution in [0.3, 0.4) is 0 Å². The van der Waals surface area contributed by atoms with E-state index in [1.54, 1.807) is 0 Å². The SMILES string of the molecule is OC[C@H]1O[C@@H](n2cnc3c(NC4CCOC4)nc(-n4cnnn4)nc32)[C@H](O)[C@@H]1O. The van der Waals surface area contributed by atoms with Crippen LogP contribution in [-0.2, 0) is 9.47 Å². The summed E-state index contributed by atoms with van der Waals surface area (Å²) in [5, 5.41) is 44.2. The quantitative estimate of drug-likeness (QED) is 0.354. The lowest BCUT2D eigenvalue weighted by Crippen LogP contribution is -2.33. The first-order valence-electron chi connectivity index (χ1n) is 9.10. The number of aromatic nitrogens is 8. The minimum atomic E-state index is -1.27. The highest BCUT2D eigenvalue weighted by Crippen LogP contribution is 2.32.